The highest BCUT2D eigenvalue weighted by molar-refractivity contribution is 5.85. The predicted octanol–water partition coefficient (Wildman–Crippen LogP) is 8.38. The summed E-state index contributed by atoms with van der Waals surface area (Å²) in [6.07, 6.45) is 14.3. The van der Waals surface area contributed by atoms with Gasteiger partial charge >= 0.3 is 0 Å². The summed E-state index contributed by atoms with van der Waals surface area (Å²) < 4.78 is 0. The first kappa shape index (κ1) is 22.6. The van der Waals surface area contributed by atoms with Gasteiger partial charge in [-0.25, -0.2) is 0 Å². The van der Waals surface area contributed by atoms with Crippen LogP contribution in [0.4, 0.5) is 0 Å². The summed E-state index contributed by atoms with van der Waals surface area (Å²) in [5.41, 5.74) is 4.58. The van der Waals surface area contributed by atoms with Crippen LogP contribution in [0, 0.1) is 45.8 Å². The van der Waals surface area contributed by atoms with Crippen molar-refractivity contribution in [2.75, 3.05) is 0 Å². The molecule has 0 heterocycles. The van der Waals surface area contributed by atoms with E-state index >= 15 is 0 Å². The first-order valence-electron chi connectivity index (χ1n) is 13.3. The summed E-state index contributed by atoms with van der Waals surface area (Å²) in [6.45, 7) is 17.2. The second-order valence-electron chi connectivity index (χ2n) is 13.0. The fraction of sp³-hybridized carbons (Fsp3) is 0.897. The summed E-state index contributed by atoms with van der Waals surface area (Å²) in [5.74, 6) is 3.74. The molecule has 2 saturated carbocycles. The van der Waals surface area contributed by atoms with Gasteiger partial charge in [-0.1, -0.05) is 78.9 Å². The average molecular weight is 413 g/mol. The van der Waals surface area contributed by atoms with Gasteiger partial charge in [0.05, 0.1) is 0 Å². The van der Waals surface area contributed by atoms with Crippen molar-refractivity contribution in [3.8, 4) is 0 Å². The molecule has 0 aromatic carbocycles. The lowest BCUT2D eigenvalue weighted by molar-refractivity contribution is -0.134. The monoisotopic (exact) mass is 412 g/mol. The van der Waals surface area contributed by atoms with E-state index in [0.717, 1.165) is 30.6 Å². The molecule has 0 amide bonds. The van der Waals surface area contributed by atoms with Crippen LogP contribution >= 0.6 is 0 Å². The highest BCUT2D eigenvalue weighted by atomic mass is 16.1. The molecule has 2 fully saturated rings. The minimum Gasteiger partial charge on any atom is -0.299 e. The minimum atomic E-state index is 0.169. The Balaban J connectivity index is 1.61. The summed E-state index contributed by atoms with van der Waals surface area (Å²) >= 11 is 0. The van der Waals surface area contributed by atoms with E-state index in [2.05, 4.69) is 48.5 Å². The number of carbonyl (C=O) groups excluding carboxylic acids is 1. The number of hydrogen-bond acceptors (Lipinski definition) is 1. The quantitative estimate of drug-likeness (QED) is 0.414. The van der Waals surface area contributed by atoms with Gasteiger partial charge in [-0.05, 0) is 85.4 Å². The fourth-order valence-corrected chi connectivity index (χ4v) is 8.90. The fourth-order valence-electron chi connectivity index (χ4n) is 8.90. The smallest absolute Gasteiger partial charge is 0.139 e. The van der Waals surface area contributed by atoms with Crippen LogP contribution in [0.3, 0.4) is 0 Å². The Hall–Kier alpha value is -0.590. The molecule has 0 N–H and O–H groups in total. The van der Waals surface area contributed by atoms with Gasteiger partial charge in [0, 0.05) is 11.8 Å². The second-order valence-corrected chi connectivity index (χ2v) is 13.0. The van der Waals surface area contributed by atoms with Crippen LogP contribution in [0.5, 0.6) is 0 Å². The molecule has 7 atom stereocenters. The van der Waals surface area contributed by atoms with Crippen molar-refractivity contribution in [1.29, 1.82) is 0 Å². The van der Waals surface area contributed by atoms with Crippen molar-refractivity contribution in [3.63, 3.8) is 0 Å². The molecule has 1 nitrogen and oxygen atoms in total. The largest absolute Gasteiger partial charge is 0.299 e. The zero-order valence-corrected chi connectivity index (χ0v) is 21.1. The number of allylic oxidation sites excluding steroid dienone is 2. The Labute approximate surface area is 186 Å². The molecule has 170 valence electrons. The molecular weight excluding hydrogens is 364 g/mol. The zero-order chi connectivity index (χ0) is 21.9. The van der Waals surface area contributed by atoms with E-state index in [1.165, 1.54) is 57.8 Å². The number of rotatable bonds is 5. The van der Waals surface area contributed by atoms with E-state index < -0.39 is 0 Å². The highest BCUT2D eigenvalue weighted by Crippen LogP contribution is 2.71. The summed E-state index contributed by atoms with van der Waals surface area (Å²) in [4.78, 5) is 13.1. The molecule has 4 aliphatic carbocycles. The van der Waals surface area contributed by atoms with Crippen molar-refractivity contribution >= 4 is 5.78 Å². The maximum atomic E-state index is 13.1. The molecule has 0 aliphatic heterocycles. The van der Waals surface area contributed by atoms with Crippen molar-refractivity contribution in [3.05, 3.63) is 11.1 Å². The average Bonchev–Trinajstić information content (AvgIpc) is 2.96. The Morgan fingerprint density at radius 2 is 1.63 bits per heavy atom. The standard InChI is InChI=1S/C29H48O/c1-19(2)9-8-10-20(3)22-14-17-29(7)24-11-12-25-26(30)21(4)13-16-27(25,5)23(24)15-18-28(22,29)6/h19-22,25H,8-18H2,1-7H3/t20-,21-,22-,25-,27-,28-,29+/m1/s1. The van der Waals surface area contributed by atoms with Gasteiger partial charge < -0.3 is 0 Å². The Morgan fingerprint density at radius 1 is 0.900 bits per heavy atom. The van der Waals surface area contributed by atoms with E-state index in [1.54, 1.807) is 5.57 Å². The zero-order valence-electron chi connectivity index (χ0n) is 21.1. The van der Waals surface area contributed by atoms with Crippen molar-refractivity contribution in [2.45, 2.75) is 119 Å². The van der Waals surface area contributed by atoms with E-state index in [9.17, 15) is 4.79 Å². The molecule has 4 rings (SSSR count). The van der Waals surface area contributed by atoms with Crippen LogP contribution in [-0.4, -0.2) is 5.78 Å². The van der Waals surface area contributed by atoms with Crippen LogP contribution < -0.4 is 0 Å². The molecule has 0 saturated heterocycles. The van der Waals surface area contributed by atoms with Crippen molar-refractivity contribution in [1.82, 2.24) is 0 Å². The number of ketones is 1. The summed E-state index contributed by atoms with van der Waals surface area (Å²) in [6, 6.07) is 0. The van der Waals surface area contributed by atoms with E-state index in [4.69, 9.17) is 0 Å². The predicted molar refractivity (Wildman–Crippen MR) is 127 cm³/mol. The maximum Gasteiger partial charge on any atom is 0.139 e. The molecule has 1 heteroatoms. The summed E-state index contributed by atoms with van der Waals surface area (Å²) in [5, 5.41) is 0. The van der Waals surface area contributed by atoms with Gasteiger partial charge in [0.25, 0.3) is 0 Å². The summed E-state index contributed by atoms with van der Waals surface area (Å²) in [7, 11) is 0. The Kier molecular flexibility index (Phi) is 5.85. The molecule has 0 radical (unpaired) electrons. The van der Waals surface area contributed by atoms with E-state index in [1.807, 2.05) is 5.57 Å². The van der Waals surface area contributed by atoms with Crippen LogP contribution in [0.15, 0.2) is 11.1 Å². The molecule has 4 aliphatic rings. The molecule has 0 spiro atoms. The number of hydrogen-bond donors (Lipinski definition) is 0. The first-order chi connectivity index (χ1) is 14.0. The Morgan fingerprint density at radius 3 is 2.33 bits per heavy atom. The normalized spacial score (nSPS) is 44.7. The Bertz CT molecular complexity index is 716. The molecule has 0 bridgehead atoms. The second kappa shape index (κ2) is 7.77. The van der Waals surface area contributed by atoms with Crippen LogP contribution in [0.1, 0.15) is 119 Å². The van der Waals surface area contributed by atoms with Gasteiger partial charge in [-0.2, -0.15) is 0 Å². The number of carbonyl (C=O) groups is 1. The lowest BCUT2D eigenvalue weighted by atomic mass is 9.46. The van der Waals surface area contributed by atoms with Crippen LogP contribution in [0.25, 0.3) is 0 Å². The van der Waals surface area contributed by atoms with Gasteiger partial charge in [0.15, 0.2) is 0 Å². The van der Waals surface area contributed by atoms with Gasteiger partial charge in [-0.15, -0.1) is 0 Å². The number of fused-ring (bicyclic) bond motifs is 4. The van der Waals surface area contributed by atoms with Crippen molar-refractivity contribution in [2.24, 2.45) is 45.8 Å². The van der Waals surface area contributed by atoms with Gasteiger partial charge in [0.1, 0.15) is 5.78 Å². The minimum absolute atomic E-state index is 0.169. The van der Waals surface area contributed by atoms with Crippen LogP contribution in [-0.2, 0) is 4.79 Å². The van der Waals surface area contributed by atoms with Gasteiger partial charge in [-0.3, -0.25) is 4.79 Å². The SMILES string of the molecule is CC(C)CCC[C@@H](C)[C@H]1CC[C@@]2(C)C3=C(CC[C@]12C)[C@@]1(C)CC[C@@H](C)C(=O)[C@H]1CC3. The van der Waals surface area contributed by atoms with E-state index in [0.29, 0.717) is 22.5 Å². The first-order valence-corrected chi connectivity index (χ1v) is 13.3. The molecule has 30 heavy (non-hydrogen) atoms. The third kappa shape index (κ3) is 3.19. The molecular formula is C29H48O. The third-order valence-corrected chi connectivity index (χ3v) is 11.2. The van der Waals surface area contributed by atoms with E-state index in [-0.39, 0.29) is 11.3 Å². The van der Waals surface area contributed by atoms with Crippen molar-refractivity contribution < 1.29 is 4.79 Å². The number of Topliss-reactive ketones (excluding diaryl/α,β-unsaturated/α-hetero) is 1. The molecule has 0 unspecified atom stereocenters. The van der Waals surface area contributed by atoms with Gasteiger partial charge in [0.2, 0.25) is 0 Å². The van der Waals surface area contributed by atoms with Crippen LogP contribution in [0.2, 0.25) is 0 Å². The topological polar surface area (TPSA) is 17.1 Å². The lowest BCUT2D eigenvalue weighted by Gasteiger charge is -2.58. The molecule has 0 aromatic rings. The molecule has 0 aromatic heterocycles. The highest BCUT2D eigenvalue weighted by Gasteiger charge is 2.62. The lowest BCUT2D eigenvalue weighted by Crippen LogP contribution is -2.51. The third-order valence-electron chi connectivity index (χ3n) is 11.2. The maximum absolute atomic E-state index is 13.1.